The van der Waals surface area contributed by atoms with Crippen LogP contribution in [0.3, 0.4) is 0 Å². The first-order chi connectivity index (χ1) is 14.0. The molecule has 0 aliphatic heterocycles. The van der Waals surface area contributed by atoms with Gasteiger partial charge in [-0.25, -0.2) is 0 Å². The maximum absolute atomic E-state index is 14.4. The zero-order valence-electron chi connectivity index (χ0n) is 16.5. The normalized spacial score (nSPS) is 13.7. The second-order valence-electron chi connectivity index (χ2n) is 6.90. The van der Waals surface area contributed by atoms with E-state index in [1.165, 1.54) is 6.07 Å². The lowest BCUT2D eigenvalue weighted by atomic mass is 10.3. The van der Waals surface area contributed by atoms with Gasteiger partial charge in [0.1, 0.15) is 5.75 Å². The number of hydrogen-bond acceptors (Lipinski definition) is 4. The maximum Gasteiger partial charge on any atom is 0.243 e. The first-order valence-corrected chi connectivity index (χ1v) is 13.4. The molecule has 0 aliphatic rings. The number of phenols is 1. The topological polar surface area (TPSA) is 63.6 Å². The molecular formula is C23H26O4P2. The van der Waals surface area contributed by atoms with E-state index >= 15 is 0 Å². The Kier molecular flexibility index (Phi) is 7.14. The molecular weight excluding hydrogens is 402 g/mol. The fourth-order valence-corrected chi connectivity index (χ4v) is 10.5. The summed E-state index contributed by atoms with van der Waals surface area (Å²) >= 11 is 0. The van der Waals surface area contributed by atoms with Gasteiger partial charge in [0.25, 0.3) is 0 Å². The predicted molar refractivity (Wildman–Crippen MR) is 121 cm³/mol. The molecule has 29 heavy (non-hydrogen) atoms. The Hall–Kier alpha value is -2.12. The highest BCUT2D eigenvalue weighted by molar-refractivity contribution is 7.89. The van der Waals surface area contributed by atoms with Gasteiger partial charge < -0.3 is 14.2 Å². The molecule has 0 aromatic heterocycles. The third-order valence-electron chi connectivity index (χ3n) is 4.78. The second-order valence-corrected chi connectivity index (χ2v) is 12.6. The van der Waals surface area contributed by atoms with Crippen LogP contribution in [0.15, 0.2) is 84.9 Å². The first kappa shape index (κ1) is 21.6. The molecule has 3 aromatic carbocycles. The van der Waals surface area contributed by atoms with Crippen molar-refractivity contribution in [2.75, 3.05) is 12.5 Å². The Balaban J connectivity index is 2.13. The van der Waals surface area contributed by atoms with Crippen molar-refractivity contribution < 1.29 is 18.8 Å². The summed E-state index contributed by atoms with van der Waals surface area (Å²) in [5.74, 6) is -0.269. The Morgan fingerprint density at radius 2 is 1.31 bits per heavy atom. The highest BCUT2D eigenvalue weighted by Crippen LogP contribution is 2.61. The third-order valence-corrected chi connectivity index (χ3v) is 11.8. The minimum Gasteiger partial charge on any atom is -0.507 e. The van der Waals surface area contributed by atoms with Crippen molar-refractivity contribution in [3.63, 3.8) is 0 Å². The Morgan fingerprint density at radius 1 is 0.793 bits per heavy atom. The second kappa shape index (κ2) is 9.59. The van der Waals surface area contributed by atoms with Gasteiger partial charge >= 0.3 is 0 Å². The van der Waals surface area contributed by atoms with Gasteiger partial charge in [-0.05, 0) is 18.6 Å². The number of hydrogen-bond donors (Lipinski definition) is 1. The van der Waals surface area contributed by atoms with Crippen LogP contribution in [0.5, 0.6) is 5.75 Å². The average molecular weight is 428 g/mol. The molecule has 0 fully saturated rings. The van der Waals surface area contributed by atoms with E-state index in [0.717, 1.165) is 12.8 Å². The monoisotopic (exact) mass is 428 g/mol. The molecule has 3 rings (SSSR count). The summed E-state index contributed by atoms with van der Waals surface area (Å²) in [6.07, 6.45) is 1.62. The molecule has 0 saturated carbocycles. The van der Waals surface area contributed by atoms with E-state index in [9.17, 15) is 14.2 Å². The van der Waals surface area contributed by atoms with E-state index in [0.29, 0.717) is 10.6 Å². The fourth-order valence-electron chi connectivity index (χ4n) is 3.21. The molecule has 0 radical (unpaired) electrons. The van der Waals surface area contributed by atoms with Crippen molar-refractivity contribution in [2.24, 2.45) is 0 Å². The van der Waals surface area contributed by atoms with Crippen molar-refractivity contribution >= 4 is 30.4 Å². The molecule has 0 spiro atoms. The van der Waals surface area contributed by atoms with Crippen LogP contribution in [-0.2, 0) is 13.7 Å². The molecule has 6 heteroatoms. The van der Waals surface area contributed by atoms with Crippen molar-refractivity contribution in [3.8, 4) is 5.75 Å². The van der Waals surface area contributed by atoms with Gasteiger partial charge in [0.2, 0.25) is 7.37 Å². The van der Waals surface area contributed by atoms with E-state index in [2.05, 4.69) is 0 Å². The number of aromatic hydroxyl groups is 1. The van der Waals surface area contributed by atoms with Gasteiger partial charge in [0.15, 0.2) is 7.14 Å². The van der Waals surface area contributed by atoms with Crippen LogP contribution in [0.2, 0.25) is 0 Å². The van der Waals surface area contributed by atoms with Crippen LogP contribution in [0, 0.1) is 0 Å². The minimum absolute atomic E-state index is 0.0972. The quantitative estimate of drug-likeness (QED) is 0.381. The number of unbranched alkanes of at least 4 members (excludes halogenated alkanes) is 1. The van der Waals surface area contributed by atoms with Crippen molar-refractivity contribution in [1.82, 2.24) is 0 Å². The minimum atomic E-state index is -3.60. The van der Waals surface area contributed by atoms with Crippen LogP contribution in [0.4, 0.5) is 0 Å². The highest BCUT2D eigenvalue weighted by atomic mass is 31.2. The lowest BCUT2D eigenvalue weighted by Crippen LogP contribution is -2.22. The Labute approximate surface area is 172 Å². The van der Waals surface area contributed by atoms with Crippen LogP contribution < -0.4 is 15.9 Å². The Bertz CT molecular complexity index is 976. The van der Waals surface area contributed by atoms with Gasteiger partial charge in [-0.2, -0.15) is 0 Å². The van der Waals surface area contributed by atoms with Gasteiger partial charge in [-0.3, -0.25) is 4.57 Å². The van der Waals surface area contributed by atoms with Gasteiger partial charge in [0, 0.05) is 10.6 Å². The van der Waals surface area contributed by atoms with Gasteiger partial charge in [-0.1, -0.05) is 86.1 Å². The van der Waals surface area contributed by atoms with E-state index < -0.39 is 14.5 Å². The lowest BCUT2D eigenvalue weighted by molar-refractivity contribution is 0.314. The highest BCUT2D eigenvalue weighted by Gasteiger charge is 2.40. The van der Waals surface area contributed by atoms with Crippen LogP contribution in [-0.4, -0.2) is 17.6 Å². The van der Waals surface area contributed by atoms with E-state index in [1.54, 1.807) is 42.5 Å². The Morgan fingerprint density at radius 3 is 1.83 bits per heavy atom. The number of phenolic OH excluding ortho intramolecular Hbond substituents is 1. The summed E-state index contributed by atoms with van der Waals surface area (Å²) in [6, 6.07) is 24.7. The standard InChI is InChI=1S/C23H26O4P2/c1-2-3-18-27-29(26,23-17-11-10-16-22(23)24)19-28(25,20-12-6-4-7-13-20)21-14-8-5-9-15-21/h4-17,24H,2-3,18-19H2,1H3/t29-/m1/s1. The van der Waals surface area contributed by atoms with Crippen LogP contribution in [0.1, 0.15) is 19.8 Å². The fraction of sp³-hybridized carbons (Fsp3) is 0.217. The molecule has 0 unspecified atom stereocenters. The molecule has 3 aromatic rings. The van der Waals surface area contributed by atoms with E-state index in [4.69, 9.17) is 4.52 Å². The lowest BCUT2D eigenvalue weighted by Gasteiger charge is -2.26. The SMILES string of the molecule is CCCCO[P@](=O)(CP(=O)(c1ccccc1)c1ccccc1)c1ccccc1O. The van der Waals surface area contributed by atoms with Crippen LogP contribution >= 0.6 is 14.5 Å². The average Bonchev–Trinajstić information content (AvgIpc) is 2.75. The largest absolute Gasteiger partial charge is 0.507 e. The summed E-state index contributed by atoms with van der Waals surface area (Å²) in [6.45, 7) is 2.30. The first-order valence-electron chi connectivity index (χ1n) is 9.72. The van der Waals surface area contributed by atoms with Gasteiger partial charge in [-0.15, -0.1) is 0 Å². The third kappa shape index (κ3) is 4.90. The van der Waals surface area contributed by atoms with E-state index in [-0.39, 0.29) is 23.6 Å². The number of benzene rings is 3. The zero-order chi connectivity index (χ0) is 20.7. The van der Waals surface area contributed by atoms with Crippen molar-refractivity contribution in [1.29, 1.82) is 0 Å². The smallest absolute Gasteiger partial charge is 0.243 e. The van der Waals surface area contributed by atoms with Gasteiger partial charge in [0.05, 0.1) is 17.8 Å². The molecule has 0 saturated heterocycles. The summed E-state index contributed by atoms with van der Waals surface area (Å²) in [7, 11) is -6.88. The molecule has 1 atom stereocenters. The van der Waals surface area contributed by atoms with Crippen molar-refractivity contribution in [3.05, 3.63) is 84.9 Å². The predicted octanol–water partition coefficient (Wildman–Crippen LogP) is 5.08. The summed E-state index contributed by atoms with van der Waals surface area (Å²) in [4.78, 5) is 0. The molecule has 0 amide bonds. The van der Waals surface area contributed by atoms with Crippen molar-refractivity contribution in [2.45, 2.75) is 19.8 Å². The number of rotatable bonds is 9. The molecule has 4 nitrogen and oxygen atoms in total. The molecule has 0 heterocycles. The van der Waals surface area contributed by atoms with Crippen LogP contribution in [0.25, 0.3) is 0 Å². The molecule has 0 bridgehead atoms. The summed E-state index contributed by atoms with van der Waals surface area (Å²) in [5.41, 5.74) is 0. The number of para-hydroxylation sites is 1. The maximum atomic E-state index is 14.4. The summed E-state index contributed by atoms with van der Waals surface area (Å²) < 4.78 is 34.4. The molecule has 152 valence electrons. The molecule has 0 aliphatic carbocycles. The zero-order valence-corrected chi connectivity index (χ0v) is 18.3. The van der Waals surface area contributed by atoms with E-state index in [1.807, 2.05) is 43.3 Å². The summed E-state index contributed by atoms with van der Waals surface area (Å²) in [5, 5.41) is 11.9. The molecule has 1 N–H and O–H groups in total.